The molecule has 2 unspecified atom stereocenters. The lowest BCUT2D eigenvalue weighted by molar-refractivity contribution is -0.388. The van der Waals surface area contributed by atoms with Crippen molar-refractivity contribution in [3.05, 3.63) is 85.6 Å². The lowest BCUT2D eigenvalue weighted by atomic mass is 9.82. The molecule has 0 fully saturated rings. The van der Waals surface area contributed by atoms with E-state index in [1.54, 1.807) is 32.9 Å². The average Bonchev–Trinajstić information content (AvgIpc) is 3.50. The van der Waals surface area contributed by atoms with Gasteiger partial charge in [-0.3, -0.25) is 19.7 Å². The quantitative estimate of drug-likeness (QED) is 0.142. The zero-order chi connectivity index (χ0) is 35.6. The van der Waals surface area contributed by atoms with Gasteiger partial charge in [0, 0.05) is 23.7 Å². The highest BCUT2D eigenvalue weighted by Crippen LogP contribution is 2.60. The highest BCUT2D eigenvalue weighted by molar-refractivity contribution is 7.91. The molecule has 14 nitrogen and oxygen atoms in total. The first-order valence-electron chi connectivity index (χ1n) is 15.3. The Balaban J connectivity index is 1.50. The zero-order valence-corrected chi connectivity index (χ0v) is 28.5. The van der Waals surface area contributed by atoms with Gasteiger partial charge in [-0.05, 0) is 69.7 Å². The van der Waals surface area contributed by atoms with Crippen LogP contribution in [0.4, 0.5) is 10.5 Å². The molecule has 1 aromatic heterocycles. The number of benzene rings is 2. The van der Waals surface area contributed by atoms with Gasteiger partial charge in [0.25, 0.3) is 17.4 Å². The number of nitro groups is 1. The number of carbonyl (C=O) groups is 3. The van der Waals surface area contributed by atoms with Crippen molar-refractivity contribution in [2.75, 3.05) is 12.3 Å². The van der Waals surface area contributed by atoms with Gasteiger partial charge < -0.3 is 30.2 Å². The lowest BCUT2D eigenvalue weighted by Crippen LogP contribution is -2.60. The van der Waals surface area contributed by atoms with E-state index in [2.05, 4.69) is 15.6 Å². The molecule has 0 radical (unpaired) electrons. The van der Waals surface area contributed by atoms with Crippen molar-refractivity contribution in [3.8, 4) is 5.75 Å². The number of sulfone groups is 1. The van der Waals surface area contributed by atoms with Crippen LogP contribution in [-0.2, 0) is 25.9 Å². The number of ketones is 1. The first kappa shape index (κ1) is 34.6. The fourth-order valence-electron chi connectivity index (χ4n) is 6.17. The van der Waals surface area contributed by atoms with Gasteiger partial charge in [0.2, 0.25) is 11.3 Å². The number of nitro benzene ring substituents is 1. The summed E-state index contributed by atoms with van der Waals surface area (Å²) in [6.07, 6.45) is -0.633. The molecule has 15 heteroatoms. The minimum Gasteiger partial charge on any atom is -0.454 e. The molecule has 0 saturated carbocycles. The molecule has 0 spiro atoms. The average molecular weight is 683 g/mol. The molecule has 4 N–H and O–H groups in total. The van der Waals surface area contributed by atoms with E-state index in [4.69, 9.17) is 9.47 Å². The Morgan fingerprint density at radius 3 is 2.46 bits per heavy atom. The van der Waals surface area contributed by atoms with Crippen LogP contribution < -0.4 is 15.4 Å². The Bertz CT molecular complexity index is 1980. The number of H-pyrrole nitrogens is 1. The van der Waals surface area contributed by atoms with Gasteiger partial charge in [-0.25, -0.2) is 13.2 Å². The number of aliphatic hydroxyl groups is 1. The number of fused-ring (bicyclic) bond motifs is 5. The van der Waals surface area contributed by atoms with E-state index < -0.39 is 60.7 Å². The molecule has 256 valence electrons. The number of hydrogen-bond acceptors (Lipinski definition) is 10. The van der Waals surface area contributed by atoms with Gasteiger partial charge in [0.15, 0.2) is 9.84 Å². The van der Waals surface area contributed by atoms with Crippen molar-refractivity contribution in [3.63, 3.8) is 0 Å². The van der Waals surface area contributed by atoms with Gasteiger partial charge in [0.05, 0.1) is 10.7 Å². The number of nitrogens with one attached hydrogen (secondary N) is 3. The van der Waals surface area contributed by atoms with Crippen LogP contribution in [0.5, 0.6) is 5.75 Å². The van der Waals surface area contributed by atoms with E-state index in [0.29, 0.717) is 0 Å². The van der Waals surface area contributed by atoms with Crippen LogP contribution in [0, 0.1) is 24.0 Å². The minimum atomic E-state index is -3.99. The lowest BCUT2D eigenvalue weighted by Gasteiger charge is -2.34. The summed E-state index contributed by atoms with van der Waals surface area (Å²) in [6.45, 7) is 12.0. The maximum atomic E-state index is 14.3. The summed E-state index contributed by atoms with van der Waals surface area (Å²) in [7, 11) is -3.99. The number of alkyl carbamates (subject to hydrolysis) is 1. The van der Waals surface area contributed by atoms with Gasteiger partial charge in [-0.2, -0.15) is 0 Å². The molecular weight excluding hydrogens is 644 g/mol. The summed E-state index contributed by atoms with van der Waals surface area (Å²) in [5, 5.41) is 29.2. The Kier molecular flexibility index (Phi) is 8.45. The van der Waals surface area contributed by atoms with Crippen LogP contribution in [0.2, 0.25) is 0 Å². The van der Waals surface area contributed by atoms with Crippen LogP contribution >= 0.6 is 0 Å². The maximum absolute atomic E-state index is 14.3. The SMILES string of the molecule is Cc1c(C(=O)NC23C(=O)c4cccc([N+](=O)[O-])c4C2(O)Oc2cc(C(C)C)ccc23)[nH]c(S(=O)(=O)CCCNC(=O)OC(C)(C)C)c1C. The number of nitrogens with zero attached hydrogens (tertiary/aromatic N) is 1. The molecule has 1 aliphatic heterocycles. The smallest absolute Gasteiger partial charge is 0.407 e. The predicted octanol–water partition coefficient (Wildman–Crippen LogP) is 4.41. The third-order valence-electron chi connectivity index (χ3n) is 8.62. The maximum Gasteiger partial charge on any atom is 0.407 e. The van der Waals surface area contributed by atoms with Gasteiger partial charge in [0.1, 0.15) is 27.6 Å². The number of carbonyl (C=O) groups excluding carboxylic acids is 3. The third kappa shape index (κ3) is 5.49. The molecule has 3 aromatic rings. The van der Waals surface area contributed by atoms with E-state index in [-0.39, 0.29) is 63.4 Å². The predicted molar refractivity (Wildman–Crippen MR) is 173 cm³/mol. The highest BCUT2D eigenvalue weighted by atomic mass is 32.2. The highest BCUT2D eigenvalue weighted by Gasteiger charge is 2.73. The molecule has 5 rings (SSSR count). The van der Waals surface area contributed by atoms with Crippen LogP contribution in [0.3, 0.4) is 0 Å². The zero-order valence-electron chi connectivity index (χ0n) is 27.6. The third-order valence-corrected chi connectivity index (χ3v) is 10.5. The van der Waals surface area contributed by atoms with E-state index in [0.717, 1.165) is 11.6 Å². The molecule has 1 aliphatic carbocycles. The Hall–Kier alpha value is -4.76. The molecule has 2 aliphatic rings. The fraction of sp³-hybridized carbons (Fsp3) is 0.424. The number of Topliss-reactive ketones (excluding diaryl/α,β-unsaturated/α-hetero) is 1. The molecule has 0 saturated heterocycles. The first-order chi connectivity index (χ1) is 22.2. The second-order valence-corrected chi connectivity index (χ2v) is 15.4. The number of ether oxygens (including phenoxy) is 2. The molecule has 2 aromatic carbocycles. The second kappa shape index (κ2) is 11.7. The van der Waals surface area contributed by atoms with E-state index >= 15 is 0 Å². The Labute approximate surface area is 277 Å². The standard InChI is InChI=1S/C33H38N4O10S/c1-17(2)20-12-13-22-24(16-20)46-33(41)25-21(10-8-11-23(25)37(42)43)27(38)32(22,33)36-28(39)26-18(3)19(4)29(35-26)48(44,45)15-9-14-34-30(40)47-31(5,6)7/h8,10-13,16-17,35,41H,9,14-15H2,1-7H3,(H,34,40)(H,36,39). The van der Waals surface area contributed by atoms with E-state index in [1.165, 1.54) is 32.0 Å². The summed E-state index contributed by atoms with van der Waals surface area (Å²) < 4.78 is 37.9. The summed E-state index contributed by atoms with van der Waals surface area (Å²) in [4.78, 5) is 54.3. The summed E-state index contributed by atoms with van der Waals surface area (Å²) in [5.41, 5.74) is -3.02. The van der Waals surface area contributed by atoms with Crippen molar-refractivity contribution in [1.82, 2.24) is 15.6 Å². The second-order valence-electron chi connectivity index (χ2n) is 13.3. The molecule has 2 heterocycles. The van der Waals surface area contributed by atoms with Crippen LogP contribution in [-0.4, -0.2) is 59.1 Å². The van der Waals surface area contributed by atoms with E-state index in [1.807, 2.05) is 13.8 Å². The van der Waals surface area contributed by atoms with Crippen molar-refractivity contribution in [1.29, 1.82) is 0 Å². The largest absolute Gasteiger partial charge is 0.454 e. The molecule has 2 atom stereocenters. The summed E-state index contributed by atoms with van der Waals surface area (Å²) in [6, 6.07) is 8.60. The minimum absolute atomic E-state index is 0.0219. The van der Waals surface area contributed by atoms with Crippen molar-refractivity contribution in [2.45, 2.75) is 82.8 Å². The van der Waals surface area contributed by atoms with Crippen molar-refractivity contribution in [2.24, 2.45) is 0 Å². The molecule has 48 heavy (non-hydrogen) atoms. The van der Waals surface area contributed by atoms with Crippen LogP contribution in [0.25, 0.3) is 0 Å². The van der Waals surface area contributed by atoms with E-state index in [9.17, 15) is 38.0 Å². The van der Waals surface area contributed by atoms with Crippen molar-refractivity contribution < 1.29 is 42.3 Å². The number of aromatic amines is 1. The van der Waals surface area contributed by atoms with Crippen molar-refractivity contribution >= 4 is 33.3 Å². The Morgan fingerprint density at radius 1 is 1.15 bits per heavy atom. The number of amides is 2. The number of aromatic nitrogens is 1. The number of hydrogen-bond donors (Lipinski definition) is 4. The fourth-order valence-corrected chi connectivity index (χ4v) is 7.78. The van der Waals surface area contributed by atoms with Gasteiger partial charge >= 0.3 is 6.09 Å². The molecular formula is C33H38N4O10S. The monoisotopic (exact) mass is 682 g/mol. The van der Waals surface area contributed by atoms with Crippen LogP contribution in [0.1, 0.15) is 95.6 Å². The first-order valence-corrected chi connectivity index (χ1v) is 17.0. The topological polar surface area (TPSA) is 207 Å². The Morgan fingerprint density at radius 2 is 1.83 bits per heavy atom. The van der Waals surface area contributed by atoms with Gasteiger partial charge in [-0.15, -0.1) is 0 Å². The van der Waals surface area contributed by atoms with Crippen LogP contribution in [0.15, 0.2) is 41.4 Å². The molecule has 2 amide bonds. The van der Waals surface area contributed by atoms with Gasteiger partial charge in [-0.1, -0.05) is 38.1 Å². The number of rotatable bonds is 9. The summed E-state index contributed by atoms with van der Waals surface area (Å²) >= 11 is 0. The summed E-state index contributed by atoms with van der Waals surface area (Å²) in [5.74, 6) is -4.78. The normalized spacial score (nSPS) is 19.7. The molecule has 0 bridgehead atoms.